The van der Waals surface area contributed by atoms with Crippen LogP contribution in [-0.4, -0.2) is 61.4 Å². The van der Waals surface area contributed by atoms with Gasteiger partial charge in [-0.05, 0) is 30.7 Å². The van der Waals surface area contributed by atoms with Gasteiger partial charge in [-0.3, -0.25) is 9.59 Å². The highest BCUT2D eigenvalue weighted by molar-refractivity contribution is 5.85. The third kappa shape index (κ3) is 5.32. The average molecular weight is 321 g/mol. The Morgan fingerprint density at radius 1 is 1.17 bits per heavy atom. The quantitative estimate of drug-likeness (QED) is 0.887. The van der Waals surface area contributed by atoms with Crippen molar-refractivity contribution in [3.63, 3.8) is 0 Å². The molecular weight excluding hydrogens is 297 g/mol. The molecule has 0 bridgehead atoms. The summed E-state index contributed by atoms with van der Waals surface area (Å²) in [6.07, 6.45) is 0.279. The van der Waals surface area contributed by atoms with Crippen LogP contribution in [0.1, 0.15) is 24.8 Å². The van der Waals surface area contributed by atoms with Crippen molar-refractivity contribution in [1.82, 2.24) is 15.1 Å². The van der Waals surface area contributed by atoms with Crippen LogP contribution >= 0.6 is 0 Å². The van der Waals surface area contributed by atoms with Gasteiger partial charge in [0.05, 0.1) is 6.54 Å². The number of hydrogen-bond donors (Lipinski definition) is 1. The second-order valence-corrected chi connectivity index (χ2v) is 6.12. The molecule has 2 rings (SSSR count). The zero-order valence-corrected chi connectivity index (χ0v) is 13.7. The Bertz CT molecular complexity index is 539. The van der Waals surface area contributed by atoms with Gasteiger partial charge in [-0.1, -0.05) is 19.1 Å². The van der Waals surface area contributed by atoms with Gasteiger partial charge >= 0.3 is 0 Å². The molecule has 126 valence electrons. The van der Waals surface area contributed by atoms with E-state index in [2.05, 4.69) is 10.2 Å². The van der Waals surface area contributed by atoms with Crippen LogP contribution in [0.15, 0.2) is 24.3 Å². The van der Waals surface area contributed by atoms with Gasteiger partial charge in [-0.25, -0.2) is 4.39 Å². The molecule has 23 heavy (non-hydrogen) atoms. The Morgan fingerprint density at radius 3 is 2.39 bits per heavy atom. The predicted molar refractivity (Wildman–Crippen MR) is 86.5 cm³/mol. The van der Waals surface area contributed by atoms with Crippen LogP contribution in [0.5, 0.6) is 0 Å². The maximum atomic E-state index is 12.9. The number of carbonyl (C=O) groups is 2. The first-order valence-corrected chi connectivity index (χ1v) is 7.94. The standard InChI is InChI=1S/C17H24FN3O2/c1-13(14-3-5-15(18)6-4-14)11-16(22)19-12-17(23)21-9-7-20(2)8-10-21/h3-6,13H,7-12H2,1-2H3,(H,19,22). The van der Waals surface area contributed by atoms with Gasteiger partial charge < -0.3 is 15.1 Å². The highest BCUT2D eigenvalue weighted by Gasteiger charge is 2.19. The number of nitrogens with one attached hydrogen (secondary N) is 1. The molecule has 1 aromatic rings. The van der Waals surface area contributed by atoms with E-state index in [1.165, 1.54) is 12.1 Å². The van der Waals surface area contributed by atoms with Crippen LogP contribution in [0.2, 0.25) is 0 Å². The fraction of sp³-hybridized carbons (Fsp3) is 0.529. The monoisotopic (exact) mass is 321 g/mol. The molecule has 0 saturated carbocycles. The molecule has 1 aromatic carbocycles. The molecule has 2 amide bonds. The fourth-order valence-electron chi connectivity index (χ4n) is 2.60. The lowest BCUT2D eigenvalue weighted by atomic mass is 9.97. The van der Waals surface area contributed by atoms with Gasteiger partial charge in [0, 0.05) is 32.6 Å². The number of piperazine rings is 1. The van der Waals surface area contributed by atoms with Crippen molar-refractivity contribution in [2.24, 2.45) is 0 Å². The van der Waals surface area contributed by atoms with Crippen LogP contribution in [0.4, 0.5) is 4.39 Å². The van der Waals surface area contributed by atoms with E-state index in [1.807, 2.05) is 14.0 Å². The smallest absolute Gasteiger partial charge is 0.242 e. The second kappa shape index (κ2) is 8.06. The highest BCUT2D eigenvalue weighted by Crippen LogP contribution is 2.18. The first-order valence-electron chi connectivity index (χ1n) is 7.94. The lowest BCUT2D eigenvalue weighted by molar-refractivity contribution is -0.134. The van der Waals surface area contributed by atoms with Crippen LogP contribution in [0, 0.1) is 5.82 Å². The minimum Gasteiger partial charge on any atom is -0.347 e. The van der Waals surface area contributed by atoms with Gasteiger partial charge in [-0.15, -0.1) is 0 Å². The van der Waals surface area contributed by atoms with Crippen molar-refractivity contribution in [3.05, 3.63) is 35.6 Å². The summed E-state index contributed by atoms with van der Waals surface area (Å²) in [6.45, 7) is 5.09. The normalized spacial score (nSPS) is 16.9. The number of hydrogen-bond acceptors (Lipinski definition) is 3. The van der Waals surface area contributed by atoms with E-state index in [0.717, 1.165) is 18.7 Å². The Morgan fingerprint density at radius 2 is 1.78 bits per heavy atom. The van der Waals surface area contributed by atoms with E-state index in [-0.39, 0.29) is 36.5 Å². The number of carbonyl (C=O) groups excluding carboxylic acids is 2. The molecule has 1 heterocycles. The van der Waals surface area contributed by atoms with Crippen LogP contribution < -0.4 is 5.32 Å². The van der Waals surface area contributed by atoms with Crippen molar-refractivity contribution in [2.75, 3.05) is 39.8 Å². The van der Waals surface area contributed by atoms with E-state index in [0.29, 0.717) is 13.1 Å². The van der Waals surface area contributed by atoms with Crippen molar-refractivity contribution in [1.29, 1.82) is 0 Å². The predicted octanol–water partition coefficient (Wildman–Crippen LogP) is 1.21. The third-order valence-electron chi connectivity index (χ3n) is 4.22. The average Bonchev–Trinajstić information content (AvgIpc) is 2.54. The summed E-state index contributed by atoms with van der Waals surface area (Å²) in [6, 6.07) is 6.15. The molecule has 0 radical (unpaired) electrons. The second-order valence-electron chi connectivity index (χ2n) is 6.12. The topological polar surface area (TPSA) is 52.7 Å². The molecule has 1 fully saturated rings. The third-order valence-corrected chi connectivity index (χ3v) is 4.22. The molecule has 0 aliphatic carbocycles. The summed E-state index contributed by atoms with van der Waals surface area (Å²) in [4.78, 5) is 28.0. The molecule has 1 unspecified atom stereocenters. The molecule has 0 aromatic heterocycles. The van der Waals surface area contributed by atoms with E-state index in [1.54, 1.807) is 17.0 Å². The number of rotatable bonds is 5. The zero-order valence-electron chi connectivity index (χ0n) is 13.7. The lowest BCUT2D eigenvalue weighted by Crippen LogP contribution is -2.50. The highest BCUT2D eigenvalue weighted by atomic mass is 19.1. The van der Waals surface area contributed by atoms with Gasteiger partial charge in [0.1, 0.15) is 5.82 Å². The molecule has 1 atom stereocenters. The molecular formula is C17H24FN3O2. The number of halogens is 1. The first-order chi connectivity index (χ1) is 11.0. The minimum absolute atomic E-state index is 0.0191. The van der Waals surface area contributed by atoms with Crippen molar-refractivity contribution in [2.45, 2.75) is 19.3 Å². The maximum absolute atomic E-state index is 12.9. The molecule has 1 N–H and O–H groups in total. The van der Waals surface area contributed by atoms with E-state index in [4.69, 9.17) is 0 Å². The summed E-state index contributed by atoms with van der Waals surface area (Å²) in [7, 11) is 2.03. The summed E-state index contributed by atoms with van der Waals surface area (Å²) < 4.78 is 12.9. The van der Waals surface area contributed by atoms with Crippen molar-refractivity contribution >= 4 is 11.8 Å². The fourth-order valence-corrected chi connectivity index (χ4v) is 2.60. The van der Waals surface area contributed by atoms with E-state index < -0.39 is 0 Å². The Balaban J connectivity index is 1.74. The summed E-state index contributed by atoms with van der Waals surface area (Å²) in [5.74, 6) is -0.511. The zero-order chi connectivity index (χ0) is 16.8. The number of benzene rings is 1. The molecule has 1 saturated heterocycles. The molecule has 0 spiro atoms. The summed E-state index contributed by atoms with van der Waals surface area (Å²) in [5.41, 5.74) is 0.909. The molecule has 1 aliphatic rings. The Labute approximate surface area is 136 Å². The van der Waals surface area contributed by atoms with Gasteiger partial charge in [-0.2, -0.15) is 0 Å². The van der Waals surface area contributed by atoms with Gasteiger partial charge in [0.25, 0.3) is 0 Å². The first kappa shape index (κ1) is 17.4. The number of nitrogens with zero attached hydrogens (tertiary/aromatic N) is 2. The molecule has 5 nitrogen and oxygen atoms in total. The Hall–Kier alpha value is -1.95. The van der Waals surface area contributed by atoms with Gasteiger partial charge in [0.2, 0.25) is 11.8 Å². The lowest BCUT2D eigenvalue weighted by Gasteiger charge is -2.32. The molecule has 6 heteroatoms. The summed E-state index contributed by atoms with van der Waals surface area (Å²) in [5, 5.41) is 2.69. The summed E-state index contributed by atoms with van der Waals surface area (Å²) >= 11 is 0. The SMILES string of the molecule is CC(CC(=O)NCC(=O)N1CCN(C)CC1)c1ccc(F)cc1. The number of likely N-dealkylation sites (N-methyl/N-ethyl adjacent to an activating group) is 1. The van der Waals surface area contributed by atoms with Crippen LogP contribution in [0.3, 0.4) is 0 Å². The minimum atomic E-state index is -0.289. The Kier molecular flexibility index (Phi) is 6.10. The van der Waals surface area contributed by atoms with E-state index >= 15 is 0 Å². The largest absolute Gasteiger partial charge is 0.347 e. The van der Waals surface area contributed by atoms with Crippen molar-refractivity contribution < 1.29 is 14.0 Å². The van der Waals surface area contributed by atoms with Gasteiger partial charge in [0.15, 0.2) is 0 Å². The van der Waals surface area contributed by atoms with E-state index in [9.17, 15) is 14.0 Å². The van der Waals surface area contributed by atoms with Crippen LogP contribution in [0.25, 0.3) is 0 Å². The maximum Gasteiger partial charge on any atom is 0.242 e. The van der Waals surface area contributed by atoms with Crippen molar-refractivity contribution in [3.8, 4) is 0 Å². The van der Waals surface area contributed by atoms with Crippen LogP contribution in [-0.2, 0) is 9.59 Å². The number of amides is 2. The molecule has 1 aliphatic heterocycles.